The summed E-state index contributed by atoms with van der Waals surface area (Å²) in [7, 11) is 1.47. The van der Waals surface area contributed by atoms with Crippen LogP contribution in [0.25, 0.3) is 0 Å². The number of unbranched alkanes of at least 4 members (excludes halogenated alkanes) is 1. The predicted molar refractivity (Wildman–Crippen MR) is 160 cm³/mol. The lowest BCUT2D eigenvalue weighted by molar-refractivity contribution is -0.170. The molecule has 0 bridgehead atoms. The van der Waals surface area contributed by atoms with E-state index in [9.17, 15) is 23.5 Å². The molecule has 0 unspecified atom stereocenters. The van der Waals surface area contributed by atoms with Crippen LogP contribution in [0.1, 0.15) is 62.6 Å². The van der Waals surface area contributed by atoms with Gasteiger partial charge in [0.2, 0.25) is 5.91 Å². The lowest BCUT2D eigenvalue weighted by Gasteiger charge is -2.33. The Morgan fingerprint density at radius 3 is 2.35 bits per heavy atom. The minimum atomic E-state index is -1.22. The molecule has 1 aliphatic heterocycles. The third kappa shape index (κ3) is 10.5. The van der Waals surface area contributed by atoms with E-state index in [1.807, 2.05) is 31.2 Å². The Bertz CT molecular complexity index is 1170. The van der Waals surface area contributed by atoms with E-state index < -0.39 is 47.5 Å². The van der Waals surface area contributed by atoms with Crippen LogP contribution in [0.5, 0.6) is 0 Å². The van der Waals surface area contributed by atoms with Gasteiger partial charge in [0.25, 0.3) is 0 Å². The van der Waals surface area contributed by atoms with Crippen molar-refractivity contribution in [1.29, 1.82) is 0 Å². The van der Waals surface area contributed by atoms with Crippen molar-refractivity contribution in [2.45, 2.75) is 89.3 Å². The van der Waals surface area contributed by atoms with Gasteiger partial charge in [0.1, 0.15) is 17.7 Å². The van der Waals surface area contributed by atoms with Crippen LogP contribution >= 0.6 is 0 Å². The molecule has 9 nitrogen and oxygen atoms in total. The van der Waals surface area contributed by atoms with E-state index >= 15 is 0 Å². The number of halogens is 2. The highest BCUT2D eigenvalue weighted by Crippen LogP contribution is 2.31. The van der Waals surface area contributed by atoms with Crippen LogP contribution in [0.15, 0.2) is 42.5 Å². The Morgan fingerprint density at radius 1 is 1.05 bits per heavy atom. The number of amides is 3. The Hall–Kier alpha value is -3.12. The highest BCUT2D eigenvalue weighted by atomic mass is 19.1. The zero-order valence-corrected chi connectivity index (χ0v) is 25.4. The van der Waals surface area contributed by atoms with Gasteiger partial charge in [-0.25, -0.2) is 13.6 Å². The number of nitrogens with one attached hydrogen (secondary N) is 2. The van der Waals surface area contributed by atoms with Crippen molar-refractivity contribution < 1.29 is 33.0 Å². The van der Waals surface area contributed by atoms with E-state index in [0.29, 0.717) is 31.6 Å². The molecule has 0 aliphatic carbocycles. The Labute approximate surface area is 253 Å². The molecule has 3 rings (SSSR count). The molecule has 238 valence electrons. The number of carbonyl (C=O) groups excluding carboxylic acids is 2. The van der Waals surface area contributed by atoms with Crippen LogP contribution in [-0.2, 0) is 33.7 Å². The first-order valence-corrected chi connectivity index (χ1v) is 15.1. The number of rotatable bonds is 16. The molecule has 1 saturated heterocycles. The molecule has 11 heteroatoms. The highest BCUT2D eigenvalue weighted by Gasteiger charge is 2.38. The number of ether oxygens (including phenoxy) is 2. The van der Waals surface area contributed by atoms with Crippen LogP contribution in [0, 0.1) is 11.6 Å². The molecule has 0 spiro atoms. The molecule has 2 aromatic carbocycles. The number of nitrogens with two attached hydrogens (primary N) is 1. The van der Waals surface area contributed by atoms with Gasteiger partial charge >= 0.3 is 6.03 Å². The van der Waals surface area contributed by atoms with Crippen molar-refractivity contribution in [3.05, 3.63) is 70.8 Å². The number of urea groups is 1. The van der Waals surface area contributed by atoms with Crippen molar-refractivity contribution in [3.63, 3.8) is 0 Å². The lowest BCUT2D eigenvalue weighted by Crippen LogP contribution is -2.54. The standard InChI is InChI=1S/C32H46F2N4O5/c1-4-6-11-32(42-13-14-43-32)12-10-28(37-31(41)36-3)30(40)38(20-23-9-7-8-22(5-2)15-23)21-29(39)27(35)18-24-16-25(33)19-26(34)17-24/h7-9,15-17,19,27-29,39H,4-6,10-14,18,20-21,35H2,1-3H3,(H2,36,37,41)/t27-,28+,29+/m0/s1. The van der Waals surface area contributed by atoms with Gasteiger partial charge in [0.05, 0.1) is 19.3 Å². The number of hydrogen-bond donors (Lipinski definition) is 4. The number of aliphatic hydroxyl groups is 1. The monoisotopic (exact) mass is 604 g/mol. The van der Waals surface area contributed by atoms with Gasteiger partial charge in [-0.05, 0) is 54.5 Å². The maximum atomic E-state index is 14.1. The molecule has 3 amide bonds. The second-order valence-corrected chi connectivity index (χ2v) is 11.1. The smallest absolute Gasteiger partial charge is 0.315 e. The molecular formula is C32H46F2N4O5. The Morgan fingerprint density at radius 2 is 1.72 bits per heavy atom. The van der Waals surface area contributed by atoms with Crippen LogP contribution in [0.3, 0.4) is 0 Å². The van der Waals surface area contributed by atoms with E-state index in [1.54, 1.807) is 0 Å². The summed E-state index contributed by atoms with van der Waals surface area (Å²) in [5, 5.41) is 16.4. The maximum absolute atomic E-state index is 14.1. The summed E-state index contributed by atoms with van der Waals surface area (Å²) in [4.78, 5) is 28.0. The van der Waals surface area contributed by atoms with Gasteiger partial charge in [-0.2, -0.15) is 0 Å². The summed E-state index contributed by atoms with van der Waals surface area (Å²) in [6.45, 7) is 5.03. The average molecular weight is 605 g/mol. The van der Waals surface area contributed by atoms with E-state index in [2.05, 4.69) is 17.6 Å². The zero-order chi connectivity index (χ0) is 31.4. The number of nitrogens with zero attached hydrogens (tertiary/aromatic N) is 1. The van der Waals surface area contributed by atoms with E-state index in [0.717, 1.165) is 36.5 Å². The fourth-order valence-corrected chi connectivity index (χ4v) is 5.33. The Kier molecular flexibility index (Phi) is 13.3. The van der Waals surface area contributed by atoms with Crippen LogP contribution < -0.4 is 16.4 Å². The second kappa shape index (κ2) is 16.7. The normalized spacial score (nSPS) is 16.3. The van der Waals surface area contributed by atoms with Gasteiger partial charge in [-0.1, -0.05) is 44.5 Å². The molecular weight excluding hydrogens is 558 g/mol. The molecule has 0 aromatic heterocycles. The molecule has 1 heterocycles. The number of benzene rings is 2. The van der Waals surface area contributed by atoms with Crippen LogP contribution in [0.2, 0.25) is 0 Å². The quantitative estimate of drug-likeness (QED) is 0.231. The number of aryl methyl sites for hydroxylation is 1. The molecule has 3 atom stereocenters. The van der Waals surface area contributed by atoms with Gasteiger partial charge in [0.15, 0.2) is 5.79 Å². The summed E-state index contributed by atoms with van der Waals surface area (Å²) < 4.78 is 39.4. The molecule has 0 saturated carbocycles. The molecule has 0 radical (unpaired) electrons. The van der Waals surface area contributed by atoms with Crippen LogP contribution in [0.4, 0.5) is 13.6 Å². The third-order valence-corrected chi connectivity index (χ3v) is 7.75. The van der Waals surface area contributed by atoms with E-state index in [-0.39, 0.29) is 25.9 Å². The fraction of sp³-hybridized carbons (Fsp3) is 0.562. The molecule has 43 heavy (non-hydrogen) atoms. The molecule has 1 aliphatic rings. The zero-order valence-electron chi connectivity index (χ0n) is 25.4. The summed E-state index contributed by atoms with van der Waals surface area (Å²) in [5.41, 5.74) is 8.51. The van der Waals surface area contributed by atoms with E-state index in [1.165, 1.54) is 24.1 Å². The molecule has 2 aromatic rings. The minimum absolute atomic E-state index is 0.00224. The van der Waals surface area contributed by atoms with Crippen molar-refractivity contribution in [2.24, 2.45) is 5.73 Å². The second-order valence-electron chi connectivity index (χ2n) is 11.1. The van der Waals surface area contributed by atoms with Crippen molar-refractivity contribution in [3.8, 4) is 0 Å². The maximum Gasteiger partial charge on any atom is 0.315 e. The number of hydrogen-bond acceptors (Lipinski definition) is 6. The van der Waals surface area contributed by atoms with E-state index in [4.69, 9.17) is 15.2 Å². The predicted octanol–water partition coefficient (Wildman–Crippen LogP) is 3.80. The molecule has 1 fully saturated rings. The van der Waals surface area contributed by atoms with Gasteiger partial charge in [0, 0.05) is 45.1 Å². The summed E-state index contributed by atoms with van der Waals surface area (Å²) in [5.74, 6) is -2.70. The Balaban J connectivity index is 1.84. The van der Waals surface area contributed by atoms with Gasteiger partial charge < -0.3 is 35.8 Å². The first-order valence-electron chi connectivity index (χ1n) is 15.1. The summed E-state index contributed by atoms with van der Waals surface area (Å²) in [6, 6.07) is 8.50. The lowest BCUT2D eigenvalue weighted by atomic mass is 9.98. The number of carbonyl (C=O) groups is 2. The fourth-order valence-electron chi connectivity index (χ4n) is 5.33. The van der Waals surface area contributed by atoms with Crippen molar-refractivity contribution in [1.82, 2.24) is 15.5 Å². The SMILES string of the molecule is CCCCC1(CC[C@@H](NC(=O)NC)C(=O)N(Cc2cccc(CC)c2)C[C@@H](O)[C@@H](N)Cc2cc(F)cc(F)c2)OCCO1. The average Bonchev–Trinajstić information content (AvgIpc) is 3.45. The molecule has 5 N–H and O–H groups in total. The van der Waals surface area contributed by atoms with Gasteiger partial charge in [-0.15, -0.1) is 0 Å². The highest BCUT2D eigenvalue weighted by molar-refractivity contribution is 5.87. The summed E-state index contributed by atoms with van der Waals surface area (Å²) >= 11 is 0. The minimum Gasteiger partial charge on any atom is -0.390 e. The van der Waals surface area contributed by atoms with Crippen molar-refractivity contribution in [2.75, 3.05) is 26.8 Å². The number of aliphatic hydroxyl groups excluding tert-OH is 1. The van der Waals surface area contributed by atoms with Gasteiger partial charge in [-0.3, -0.25) is 4.79 Å². The topological polar surface area (TPSA) is 126 Å². The first-order chi connectivity index (χ1) is 20.6. The van der Waals surface area contributed by atoms with Crippen molar-refractivity contribution >= 4 is 11.9 Å². The first kappa shape index (κ1) is 34.4. The van der Waals surface area contributed by atoms with Crippen LogP contribution in [-0.4, -0.2) is 72.7 Å². The third-order valence-electron chi connectivity index (χ3n) is 7.75. The largest absolute Gasteiger partial charge is 0.390 e. The summed E-state index contributed by atoms with van der Waals surface area (Å²) in [6.07, 6.45) is 2.73.